The minimum absolute atomic E-state index is 0.129. The summed E-state index contributed by atoms with van der Waals surface area (Å²) < 4.78 is 0. The Morgan fingerprint density at radius 1 is 1.17 bits per heavy atom. The van der Waals surface area contributed by atoms with E-state index in [9.17, 15) is 4.79 Å². The molecule has 30 heavy (non-hydrogen) atoms. The van der Waals surface area contributed by atoms with Crippen LogP contribution in [0.25, 0.3) is 10.9 Å². The first-order valence-electron chi connectivity index (χ1n) is 11.1. The van der Waals surface area contributed by atoms with Crippen LogP contribution in [0.4, 0.5) is 5.82 Å². The van der Waals surface area contributed by atoms with Crippen molar-refractivity contribution >= 4 is 22.6 Å². The van der Waals surface area contributed by atoms with Crippen LogP contribution in [0.1, 0.15) is 67.6 Å². The molecular weight excluding hydrogens is 374 g/mol. The Kier molecular flexibility index (Phi) is 5.15. The lowest BCUT2D eigenvalue weighted by atomic mass is 10.00. The van der Waals surface area contributed by atoms with Crippen molar-refractivity contribution in [1.82, 2.24) is 20.3 Å². The summed E-state index contributed by atoms with van der Waals surface area (Å²) in [5.74, 6) is 2.46. The summed E-state index contributed by atoms with van der Waals surface area (Å²) in [6, 6.07) is 10.1. The van der Waals surface area contributed by atoms with Gasteiger partial charge in [-0.2, -0.15) is 0 Å². The molecule has 0 radical (unpaired) electrons. The Hall–Kier alpha value is -2.89. The zero-order chi connectivity index (χ0) is 20.5. The van der Waals surface area contributed by atoms with Gasteiger partial charge in [0, 0.05) is 48.5 Å². The average molecular weight is 404 g/mol. The molecule has 1 aromatic carbocycles. The van der Waals surface area contributed by atoms with Gasteiger partial charge in [-0.1, -0.05) is 31.0 Å². The van der Waals surface area contributed by atoms with Gasteiger partial charge in [0.25, 0.3) is 0 Å². The number of aromatic nitrogens is 3. The Balaban J connectivity index is 1.49. The summed E-state index contributed by atoms with van der Waals surface area (Å²) in [6.45, 7) is 0. The number of para-hydroxylation sites is 1. The minimum atomic E-state index is -0.176. The number of carbonyl (C=O) groups is 1. The van der Waals surface area contributed by atoms with Crippen molar-refractivity contribution < 1.29 is 4.79 Å². The third-order valence-electron chi connectivity index (χ3n) is 6.46. The summed E-state index contributed by atoms with van der Waals surface area (Å²) >= 11 is 0. The van der Waals surface area contributed by atoms with Crippen molar-refractivity contribution in [2.45, 2.75) is 56.9 Å². The lowest BCUT2D eigenvalue weighted by Gasteiger charge is -2.21. The average Bonchev–Trinajstić information content (AvgIpc) is 3.33. The molecule has 6 heteroatoms. The van der Waals surface area contributed by atoms with E-state index in [2.05, 4.69) is 45.0 Å². The van der Waals surface area contributed by atoms with Crippen molar-refractivity contribution in [1.29, 1.82) is 0 Å². The van der Waals surface area contributed by atoms with Crippen LogP contribution < -0.4 is 10.6 Å². The van der Waals surface area contributed by atoms with Crippen molar-refractivity contribution in [3.05, 3.63) is 53.6 Å². The number of amides is 1. The second-order valence-electron chi connectivity index (χ2n) is 8.67. The van der Waals surface area contributed by atoms with Gasteiger partial charge in [-0.3, -0.25) is 4.79 Å². The summed E-state index contributed by atoms with van der Waals surface area (Å²) in [5.41, 5.74) is 3.21. The highest BCUT2D eigenvalue weighted by molar-refractivity contribution is 5.83. The molecule has 6 nitrogen and oxygen atoms in total. The van der Waals surface area contributed by atoms with Crippen LogP contribution in [-0.2, 0) is 11.2 Å². The Bertz CT molecular complexity index is 1050. The van der Waals surface area contributed by atoms with E-state index >= 15 is 0 Å². The fourth-order valence-electron chi connectivity index (χ4n) is 4.54. The van der Waals surface area contributed by atoms with Gasteiger partial charge in [0.1, 0.15) is 11.6 Å². The Morgan fingerprint density at radius 3 is 2.73 bits per heavy atom. The molecule has 0 aliphatic heterocycles. The van der Waals surface area contributed by atoms with Crippen molar-refractivity contribution in [3.8, 4) is 0 Å². The number of aromatic amines is 1. The highest BCUT2D eigenvalue weighted by Crippen LogP contribution is 2.39. The lowest BCUT2D eigenvalue weighted by molar-refractivity contribution is -0.125. The molecule has 0 saturated heterocycles. The monoisotopic (exact) mass is 403 g/mol. The number of carbonyl (C=O) groups excluding carboxylic acids is 1. The van der Waals surface area contributed by atoms with Gasteiger partial charge in [-0.05, 0) is 37.3 Å². The molecule has 2 aromatic heterocycles. The van der Waals surface area contributed by atoms with E-state index in [1.165, 1.54) is 10.9 Å². The van der Waals surface area contributed by atoms with Gasteiger partial charge in [-0.15, -0.1) is 0 Å². The molecule has 2 aliphatic rings. The highest BCUT2D eigenvalue weighted by atomic mass is 16.1. The topological polar surface area (TPSA) is 82.7 Å². The smallest absolute Gasteiger partial charge is 0.223 e. The fourth-order valence-corrected chi connectivity index (χ4v) is 4.54. The third-order valence-corrected chi connectivity index (χ3v) is 6.46. The van der Waals surface area contributed by atoms with Crippen LogP contribution in [0, 0.1) is 5.92 Å². The second kappa shape index (κ2) is 8.09. The second-order valence-corrected chi connectivity index (χ2v) is 8.67. The molecule has 1 atom stereocenters. The zero-order valence-electron chi connectivity index (χ0n) is 17.4. The van der Waals surface area contributed by atoms with Crippen LogP contribution in [0.2, 0.25) is 0 Å². The van der Waals surface area contributed by atoms with Crippen molar-refractivity contribution in [2.24, 2.45) is 5.92 Å². The molecule has 2 heterocycles. The van der Waals surface area contributed by atoms with Gasteiger partial charge in [-0.25, -0.2) is 9.97 Å². The molecule has 3 aromatic rings. The predicted octanol–water partition coefficient (Wildman–Crippen LogP) is 4.47. The summed E-state index contributed by atoms with van der Waals surface area (Å²) in [6.07, 6.45) is 9.33. The van der Waals surface area contributed by atoms with Crippen LogP contribution >= 0.6 is 0 Å². The van der Waals surface area contributed by atoms with E-state index in [0.717, 1.165) is 61.4 Å². The molecule has 2 fully saturated rings. The van der Waals surface area contributed by atoms with E-state index in [1.54, 1.807) is 0 Å². The van der Waals surface area contributed by atoms with E-state index in [0.29, 0.717) is 12.3 Å². The number of hydrogen-bond donors (Lipinski definition) is 3. The largest absolute Gasteiger partial charge is 0.373 e. The molecular formula is C24H29N5O. The van der Waals surface area contributed by atoms with Gasteiger partial charge in [0.2, 0.25) is 5.91 Å². The molecule has 5 rings (SSSR count). The maximum atomic E-state index is 13.0. The molecule has 2 aliphatic carbocycles. The number of nitrogens with zero attached hydrogens (tertiary/aromatic N) is 2. The minimum Gasteiger partial charge on any atom is -0.373 e. The SMILES string of the molecule is CNc1cc(C(Cc2c[nH]c3ccccc23)NC(=O)C2CCCC2)nc(C2CC2)n1. The highest BCUT2D eigenvalue weighted by Gasteiger charge is 2.30. The molecule has 3 N–H and O–H groups in total. The van der Waals surface area contributed by atoms with E-state index in [4.69, 9.17) is 4.98 Å². The maximum Gasteiger partial charge on any atom is 0.223 e. The van der Waals surface area contributed by atoms with Gasteiger partial charge >= 0.3 is 0 Å². The van der Waals surface area contributed by atoms with E-state index in [1.807, 2.05) is 19.2 Å². The Morgan fingerprint density at radius 2 is 1.97 bits per heavy atom. The first-order chi connectivity index (χ1) is 14.7. The lowest BCUT2D eigenvalue weighted by Crippen LogP contribution is -2.34. The first kappa shape index (κ1) is 19.1. The first-order valence-corrected chi connectivity index (χ1v) is 11.1. The van der Waals surface area contributed by atoms with Crippen LogP contribution in [-0.4, -0.2) is 27.9 Å². The van der Waals surface area contributed by atoms with E-state index < -0.39 is 0 Å². The number of fused-ring (bicyclic) bond motifs is 1. The summed E-state index contributed by atoms with van der Waals surface area (Å²) in [5, 5.41) is 7.71. The molecule has 1 amide bonds. The summed E-state index contributed by atoms with van der Waals surface area (Å²) in [7, 11) is 1.88. The van der Waals surface area contributed by atoms with E-state index in [-0.39, 0.29) is 17.9 Å². The van der Waals surface area contributed by atoms with Gasteiger partial charge < -0.3 is 15.6 Å². The number of hydrogen-bond acceptors (Lipinski definition) is 4. The fraction of sp³-hybridized carbons (Fsp3) is 0.458. The van der Waals surface area contributed by atoms with Crippen molar-refractivity contribution in [2.75, 3.05) is 12.4 Å². The van der Waals surface area contributed by atoms with Crippen LogP contribution in [0.5, 0.6) is 0 Å². The molecule has 156 valence electrons. The number of rotatable bonds is 7. The quantitative estimate of drug-likeness (QED) is 0.544. The number of benzene rings is 1. The maximum absolute atomic E-state index is 13.0. The van der Waals surface area contributed by atoms with Gasteiger partial charge in [0.05, 0.1) is 11.7 Å². The standard InChI is InChI=1S/C24H29N5O/c1-25-22-13-21(27-23(29-22)15-10-11-15)20(28-24(30)16-6-2-3-7-16)12-17-14-26-19-9-5-4-8-18(17)19/h4-5,8-9,13-16,20,26H,2-3,6-7,10-12H2,1H3,(H,28,30)(H,25,27,29). The number of anilines is 1. The normalized spacial score (nSPS) is 17.9. The third kappa shape index (κ3) is 3.91. The zero-order valence-corrected chi connectivity index (χ0v) is 17.4. The van der Waals surface area contributed by atoms with Gasteiger partial charge in [0.15, 0.2) is 0 Å². The number of nitrogens with one attached hydrogen (secondary N) is 3. The van der Waals surface area contributed by atoms with Crippen LogP contribution in [0.15, 0.2) is 36.5 Å². The number of H-pyrrole nitrogens is 1. The summed E-state index contributed by atoms with van der Waals surface area (Å²) in [4.78, 5) is 26.0. The molecule has 1 unspecified atom stereocenters. The predicted molar refractivity (Wildman–Crippen MR) is 118 cm³/mol. The Labute approximate surface area is 176 Å². The molecule has 2 saturated carbocycles. The molecule has 0 spiro atoms. The van der Waals surface area contributed by atoms with Crippen LogP contribution in [0.3, 0.4) is 0 Å². The van der Waals surface area contributed by atoms with Crippen molar-refractivity contribution in [3.63, 3.8) is 0 Å². The molecule has 0 bridgehead atoms.